The van der Waals surface area contributed by atoms with E-state index in [1.165, 1.54) is 12.1 Å². The molecule has 0 N–H and O–H groups in total. The van der Waals surface area contributed by atoms with Crippen LogP contribution in [-0.2, 0) is 32.7 Å². The van der Waals surface area contributed by atoms with E-state index in [9.17, 15) is 4.39 Å². The van der Waals surface area contributed by atoms with Crippen molar-refractivity contribution in [3.05, 3.63) is 63.7 Å². The van der Waals surface area contributed by atoms with Gasteiger partial charge in [0, 0.05) is 39.8 Å². The smallest absolute Gasteiger partial charge is 0.121 e. The van der Waals surface area contributed by atoms with Crippen LogP contribution < -0.4 is 0 Å². The Hall–Kier alpha value is 0.00390. The van der Waals surface area contributed by atoms with Crippen molar-refractivity contribution in [2.24, 2.45) is 0 Å². The van der Waals surface area contributed by atoms with Gasteiger partial charge in [0.2, 0.25) is 0 Å². The third kappa shape index (κ3) is 3.27. The second kappa shape index (κ2) is 6.25. The molecule has 0 aromatic heterocycles. The molecule has 17 heavy (non-hydrogen) atoms. The molecule has 2 rings (SSSR count). The van der Waals surface area contributed by atoms with Gasteiger partial charge >= 0.3 is 0 Å². The number of benzene rings is 1. The molecular formula is C13H10FINY-. The van der Waals surface area contributed by atoms with Crippen LogP contribution in [0.4, 0.5) is 4.39 Å². The van der Waals surface area contributed by atoms with E-state index in [-0.39, 0.29) is 38.5 Å². The summed E-state index contributed by atoms with van der Waals surface area (Å²) < 4.78 is 13.9. The summed E-state index contributed by atoms with van der Waals surface area (Å²) in [6.45, 7) is 3.98. The molecule has 1 heterocycles. The number of rotatable bonds is 1. The maximum Gasteiger partial charge on any atom is 0.121 e. The zero-order valence-corrected chi connectivity index (χ0v) is 14.4. The SMILES string of the molecule is C=C1C(I)=C[C-]=C(c2ccc(F)cc2)N1C.[Y]. The molecule has 1 aliphatic rings. The van der Waals surface area contributed by atoms with Gasteiger partial charge in [-0.2, -0.15) is 12.2 Å². The average molecular weight is 415 g/mol. The number of hydrogen-bond acceptors (Lipinski definition) is 1. The van der Waals surface area contributed by atoms with Gasteiger partial charge in [-0.25, -0.2) is 4.39 Å². The van der Waals surface area contributed by atoms with Gasteiger partial charge in [-0.3, -0.25) is 0 Å². The zero-order chi connectivity index (χ0) is 11.7. The molecule has 1 aromatic carbocycles. The first kappa shape index (κ1) is 15.1. The maximum absolute atomic E-state index is 12.8. The molecular weight excluding hydrogens is 405 g/mol. The van der Waals surface area contributed by atoms with E-state index in [4.69, 9.17) is 0 Å². The summed E-state index contributed by atoms with van der Waals surface area (Å²) in [5, 5.41) is 0. The predicted octanol–water partition coefficient (Wildman–Crippen LogP) is 3.75. The van der Waals surface area contributed by atoms with Crippen LogP contribution in [0.2, 0.25) is 0 Å². The van der Waals surface area contributed by atoms with Crippen LogP contribution in [0.5, 0.6) is 0 Å². The number of hydrogen-bond donors (Lipinski definition) is 0. The number of likely N-dealkylation sites (N-methyl/N-ethyl adjacent to an activating group) is 1. The molecule has 0 atom stereocenters. The van der Waals surface area contributed by atoms with Crippen molar-refractivity contribution < 1.29 is 37.1 Å². The molecule has 1 nitrogen and oxygen atoms in total. The molecule has 1 aliphatic heterocycles. The van der Waals surface area contributed by atoms with E-state index in [0.29, 0.717) is 0 Å². The summed E-state index contributed by atoms with van der Waals surface area (Å²) in [6, 6.07) is 6.38. The van der Waals surface area contributed by atoms with E-state index < -0.39 is 0 Å². The summed E-state index contributed by atoms with van der Waals surface area (Å²) in [5.74, 6) is -0.230. The molecule has 0 bridgehead atoms. The van der Waals surface area contributed by atoms with Crippen LogP contribution in [-0.4, -0.2) is 11.9 Å². The van der Waals surface area contributed by atoms with Gasteiger partial charge in [0.25, 0.3) is 0 Å². The van der Waals surface area contributed by atoms with E-state index >= 15 is 0 Å². The van der Waals surface area contributed by atoms with E-state index in [1.807, 2.05) is 18.0 Å². The van der Waals surface area contributed by atoms with Crippen molar-refractivity contribution in [1.29, 1.82) is 0 Å². The van der Waals surface area contributed by atoms with Crippen LogP contribution in [0, 0.1) is 11.9 Å². The topological polar surface area (TPSA) is 3.24 Å². The van der Waals surface area contributed by atoms with E-state index in [2.05, 4.69) is 35.2 Å². The molecule has 4 heteroatoms. The van der Waals surface area contributed by atoms with Crippen LogP contribution in [0.1, 0.15) is 5.56 Å². The van der Waals surface area contributed by atoms with Gasteiger partial charge in [-0.15, -0.1) is 34.7 Å². The zero-order valence-electron chi connectivity index (χ0n) is 9.37. The summed E-state index contributed by atoms with van der Waals surface area (Å²) in [7, 11) is 1.93. The van der Waals surface area contributed by atoms with Crippen molar-refractivity contribution >= 4 is 28.3 Å². The van der Waals surface area contributed by atoms with Gasteiger partial charge in [0.05, 0.1) is 0 Å². The molecule has 1 aromatic rings. The largest absolute Gasteiger partial charge is 0.378 e. The third-order valence-corrected chi connectivity index (χ3v) is 3.40. The first-order valence-electron chi connectivity index (χ1n) is 4.77. The molecule has 0 fully saturated rings. The molecule has 1 radical (unpaired) electrons. The molecule has 85 valence electrons. The predicted molar refractivity (Wildman–Crippen MR) is 72.1 cm³/mol. The fourth-order valence-corrected chi connectivity index (χ4v) is 2.01. The fraction of sp³-hybridized carbons (Fsp3) is 0.0769. The Balaban J connectivity index is 0.00000144. The fourth-order valence-electron chi connectivity index (χ4n) is 1.49. The quantitative estimate of drug-likeness (QED) is 0.499. The van der Waals surface area contributed by atoms with Crippen molar-refractivity contribution in [2.45, 2.75) is 0 Å². The standard InChI is InChI=1S/C13H10FIN.Y/c1-9-12(15)7-8-13(16(9)2)10-3-5-11(14)6-4-10;/h3-7H,1H2,2H3;/q-1;. The van der Waals surface area contributed by atoms with E-state index in [1.54, 1.807) is 12.1 Å². The molecule has 0 saturated carbocycles. The molecule has 0 aliphatic carbocycles. The van der Waals surface area contributed by atoms with Crippen LogP contribution in [0.25, 0.3) is 5.70 Å². The minimum absolute atomic E-state index is 0. The van der Waals surface area contributed by atoms with Crippen molar-refractivity contribution in [2.75, 3.05) is 7.05 Å². The van der Waals surface area contributed by atoms with Gasteiger partial charge < -0.3 is 4.90 Å². The summed E-state index contributed by atoms with van der Waals surface area (Å²) in [5.41, 5.74) is 2.77. The van der Waals surface area contributed by atoms with Gasteiger partial charge in [0.15, 0.2) is 0 Å². The first-order valence-corrected chi connectivity index (χ1v) is 5.85. The Morgan fingerprint density at radius 3 is 2.47 bits per heavy atom. The van der Waals surface area contributed by atoms with E-state index in [0.717, 1.165) is 20.5 Å². The maximum atomic E-state index is 12.8. The Bertz CT molecular complexity index is 491. The molecule has 0 unspecified atom stereocenters. The minimum Gasteiger partial charge on any atom is -0.378 e. The molecule has 0 spiro atoms. The summed E-state index contributed by atoms with van der Waals surface area (Å²) in [6.07, 6.45) is 5.07. The van der Waals surface area contributed by atoms with Gasteiger partial charge in [0.1, 0.15) is 5.82 Å². The Morgan fingerprint density at radius 1 is 1.29 bits per heavy atom. The Labute approximate surface area is 139 Å². The monoisotopic (exact) mass is 415 g/mol. The molecule has 0 saturated heterocycles. The second-order valence-corrected chi connectivity index (χ2v) is 4.66. The van der Waals surface area contributed by atoms with Gasteiger partial charge in [-0.05, 0) is 17.8 Å². The second-order valence-electron chi connectivity index (χ2n) is 3.50. The van der Waals surface area contributed by atoms with Crippen LogP contribution in [0.15, 0.2) is 46.2 Å². The minimum atomic E-state index is -0.230. The summed E-state index contributed by atoms with van der Waals surface area (Å²) in [4.78, 5) is 1.95. The third-order valence-electron chi connectivity index (χ3n) is 2.47. The number of allylic oxidation sites excluding steroid dienone is 3. The van der Waals surface area contributed by atoms with Crippen molar-refractivity contribution in [3.8, 4) is 0 Å². The normalized spacial score (nSPS) is 15.0. The van der Waals surface area contributed by atoms with Gasteiger partial charge in [-0.1, -0.05) is 21.4 Å². The first-order chi connectivity index (χ1) is 7.59. The van der Waals surface area contributed by atoms with Crippen LogP contribution >= 0.6 is 22.6 Å². The Kier molecular flexibility index (Phi) is 5.54. The Morgan fingerprint density at radius 2 is 1.88 bits per heavy atom. The van der Waals surface area contributed by atoms with Crippen molar-refractivity contribution in [3.63, 3.8) is 0 Å². The number of halogens is 2. The average Bonchev–Trinajstić information content (AvgIpc) is 2.28. The van der Waals surface area contributed by atoms with Crippen molar-refractivity contribution in [1.82, 2.24) is 4.90 Å². The summed E-state index contributed by atoms with van der Waals surface area (Å²) >= 11 is 2.22. The number of nitrogens with zero attached hydrogens (tertiary/aromatic N) is 1. The molecule has 0 amide bonds. The van der Waals surface area contributed by atoms with Crippen LogP contribution in [0.3, 0.4) is 0 Å².